The molecule has 2 heteroatoms. The van der Waals surface area contributed by atoms with Gasteiger partial charge in [0.1, 0.15) is 17.1 Å². The Kier molecular flexibility index (Phi) is 1.81. The van der Waals surface area contributed by atoms with Crippen LogP contribution < -0.4 is 4.74 Å². The van der Waals surface area contributed by atoms with Gasteiger partial charge in [0.2, 0.25) is 0 Å². The fraction of sp³-hybridized carbons (Fsp3) is 0.333. The van der Waals surface area contributed by atoms with Crippen molar-refractivity contribution in [3.63, 3.8) is 0 Å². The summed E-state index contributed by atoms with van der Waals surface area (Å²) in [6.07, 6.45) is 2.09. The highest BCUT2D eigenvalue weighted by Crippen LogP contribution is 2.37. The van der Waals surface area contributed by atoms with Crippen molar-refractivity contribution >= 4 is 5.57 Å². The number of benzene rings is 1. The van der Waals surface area contributed by atoms with Crippen LogP contribution in [0.2, 0.25) is 0 Å². The fourth-order valence-electron chi connectivity index (χ4n) is 1.83. The Morgan fingerprint density at radius 1 is 1.29 bits per heavy atom. The van der Waals surface area contributed by atoms with Crippen LogP contribution in [0, 0.1) is 0 Å². The van der Waals surface area contributed by atoms with E-state index >= 15 is 0 Å². The highest BCUT2D eigenvalue weighted by atomic mass is 16.5. The Labute approximate surface area is 83.8 Å². The third kappa shape index (κ3) is 1.48. The maximum absolute atomic E-state index is 9.35. The van der Waals surface area contributed by atoms with Crippen molar-refractivity contribution in [1.29, 1.82) is 0 Å². The summed E-state index contributed by atoms with van der Waals surface area (Å²) in [7, 11) is 0. The quantitative estimate of drug-likeness (QED) is 0.681. The number of fused-ring (bicyclic) bond motifs is 1. The van der Waals surface area contributed by atoms with Crippen molar-refractivity contribution in [3.8, 4) is 11.5 Å². The number of aromatic hydroxyl groups is 1. The van der Waals surface area contributed by atoms with Gasteiger partial charge in [-0.2, -0.15) is 0 Å². The van der Waals surface area contributed by atoms with E-state index in [0.29, 0.717) is 0 Å². The van der Waals surface area contributed by atoms with Gasteiger partial charge in [-0.05, 0) is 44.6 Å². The first-order valence-corrected chi connectivity index (χ1v) is 4.70. The Morgan fingerprint density at radius 2 is 2.00 bits per heavy atom. The molecule has 0 atom stereocenters. The van der Waals surface area contributed by atoms with E-state index in [9.17, 15) is 5.11 Å². The monoisotopic (exact) mass is 190 g/mol. The minimum absolute atomic E-state index is 0.245. The minimum atomic E-state index is -0.287. The molecular formula is C12H14O2. The first-order valence-electron chi connectivity index (χ1n) is 4.70. The summed E-state index contributed by atoms with van der Waals surface area (Å²) >= 11 is 0. The second-order valence-electron chi connectivity index (χ2n) is 4.21. The lowest BCUT2D eigenvalue weighted by Crippen LogP contribution is -2.28. The topological polar surface area (TPSA) is 29.5 Å². The molecule has 1 aromatic rings. The molecule has 1 N–H and O–H groups in total. The van der Waals surface area contributed by atoms with Crippen LogP contribution in [0.4, 0.5) is 0 Å². The molecule has 0 spiro atoms. The van der Waals surface area contributed by atoms with Gasteiger partial charge >= 0.3 is 0 Å². The average Bonchev–Trinajstić information content (AvgIpc) is 2.00. The lowest BCUT2D eigenvalue weighted by atomic mass is 9.96. The van der Waals surface area contributed by atoms with Crippen LogP contribution in [0.1, 0.15) is 26.3 Å². The SMILES string of the molecule is CC1=CC(C)(C)Oc2cc(O)ccc21. The Morgan fingerprint density at radius 3 is 2.71 bits per heavy atom. The number of allylic oxidation sites excluding steroid dienone is 1. The molecule has 0 aliphatic carbocycles. The van der Waals surface area contributed by atoms with E-state index < -0.39 is 0 Å². The van der Waals surface area contributed by atoms with E-state index in [-0.39, 0.29) is 11.4 Å². The average molecular weight is 190 g/mol. The molecular weight excluding hydrogens is 176 g/mol. The molecule has 0 bridgehead atoms. The van der Waals surface area contributed by atoms with E-state index in [1.807, 2.05) is 19.9 Å². The zero-order chi connectivity index (χ0) is 10.3. The summed E-state index contributed by atoms with van der Waals surface area (Å²) in [6.45, 7) is 6.06. The summed E-state index contributed by atoms with van der Waals surface area (Å²) in [6, 6.07) is 5.22. The van der Waals surface area contributed by atoms with Gasteiger partial charge in [-0.25, -0.2) is 0 Å². The van der Waals surface area contributed by atoms with Crippen LogP contribution in [0.15, 0.2) is 24.3 Å². The van der Waals surface area contributed by atoms with Crippen LogP contribution in [0.3, 0.4) is 0 Å². The van der Waals surface area contributed by atoms with E-state index in [1.165, 1.54) is 5.57 Å². The zero-order valence-corrected chi connectivity index (χ0v) is 8.66. The molecule has 0 saturated heterocycles. The first kappa shape index (κ1) is 9.13. The highest BCUT2D eigenvalue weighted by Gasteiger charge is 2.24. The summed E-state index contributed by atoms with van der Waals surface area (Å²) in [5, 5.41) is 9.35. The third-order valence-corrected chi connectivity index (χ3v) is 2.33. The number of hydrogen-bond acceptors (Lipinski definition) is 2. The van der Waals surface area contributed by atoms with Crippen LogP contribution in [-0.4, -0.2) is 10.7 Å². The largest absolute Gasteiger partial charge is 0.508 e. The predicted molar refractivity (Wildman–Crippen MR) is 56.5 cm³/mol. The lowest BCUT2D eigenvalue weighted by molar-refractivity contribution is 0.157. The second-order valence-corrected chi connectivity index (χ2v) is 4.21. The zero-order valence-electron chi connectivity index (χ0n) is 8.66. The summed E-state index contributed by atoms with van der Waals surface area (Å²) in [5.74, 6) is 1.00. The third-order valence-electron chi connectivity index (χ3n) is 2.33. The number of hydrogen-bond donors (Lipinski definition) is 1. The maximum Gasteiger partial charge on any atom is 0.131 e. The van der Waals surface area contributed by atoms with Gasteiger partial charge in [-0.3, -0.25) is 0 Å². The van der Waals surface area contributed by atoms with Gasteiger partial charge in [-0.15, -0.1) is 0 Å². The number of phenolic OH excluding ortho intramolecular Hbond substituents is 1. The van der Waals surface area contributed by atoms with E-state index in [2.05, 4.69) is 13.0 Å². The van der Waals surface area contributed by atoms with Gasteiger partial charge in [0.15, 0.2) is 0 Å². The van der Waals surface area contributed by atoms with Gasteiger partial charge in [0.05, 0.1) is 0 Å². The van der Waals surface area contributed by atoms with E-state index in [4.69, 9.17) is 4.74 Å². The molecule has 0 aromatic heterocycles. The molecule has 2 rings (SSSR count). The number of phenols is 1. The van der Waals surface area contributed by atoms with Crippen molar-refractivity contribution in [1.82, 2.24) is 0 Å². The molecule has 0 unspecified atom stereocenters. The van der Waals surface area contributed by atoms with Crippen molar-refractivity contribution in [3.05, 3.63) is 29.8 Å². The normalized spacial score (nSPS) is 18.1. The predicted octanol–water partition coefficient (Wildman–Crippen LogP) is 2.97. The molecule has 1 heterocycles. The Bertz CT molecular complexity index is 403. The summed E-state index contributed by atoms with van der Waals surface area (Å²) < 4.78 is 5.73. The van der Waals surface area contributed by atoms with Crippen molar-refractivity contribution in [2.75, 3.05) is 0 Å². The van der Waals surface area contributed by atoms with Crippen LogP contribution in [-0.2, 0) is 0 Å². The smallest absolute Gasteiger partial charge is 0.131 e. The molecule has 0 radical (unpaired) electrons. The molecule has 0 fully saturated rings. The molecule has 0 saturated carbocycles. The van der Waals surface area contributed by atoms with Crippen LogP contribution >= 0.6 is 0 Å². The minimum Gasteiger partial charge on any atom is -0.508 e. The van der Waals surface area contributed by atoms with Gasteiger partial charge < -0.3 is 9.84 Å². The first-order chi connectivity index (χ1) is 6.48. The number of rotatable bonds is 0. The molecule has 74 valence electrons. The van der Waals surface area contributed by atoms with E-state index in [0.717, 1.165) is 11.3 Å². The molecule has 1 aromatic carbocycles. The standard InChI is InChI=1S/C12H14O2/c1-8-7-12(2,3)14-11-6-9(13)4-5-10(8)11/h4-7,13H,1-3H3. The maximum atomic E-state index is 9.35. The fourth-order valence-corrected chi connectivity index (χ4v) is 1.83. The summed E-state index contributed by atoms with van der Waals surface area (Å²) in [5.41, 5.74) is 1.96. The molecule has 14 heavy (non-hydrogen) atoms. The van der Waals surface area contributed by atoms with Gasteiger partial charge in [0.25, 0.3) is 0 Å². The molecule has 0 amide bonds. The highest BCUT2D eigenvalue weighted by molar-refractivity contribution is 5.72. The molecule has 1 aliphatic rings. The van der Waals surface area contributed by atoms with Crippen molar-refractivity contribution < 1.29 is 9.84 Å². The van der Waals surface area contributed by atoms with E-state index in [1.54, 1.807) is 12.1 Å². The van der Waals surface area contributed by atoms with Crippen molar-refractivity contribution in [2.24, 2.45) is 0 Å². The Balaban J connectivity index is 2.56. The van der Waals surface area contributed by atoms with Gasteiger partial charge in [0, 0.05) is 11.6 Å². The lowest BCUT2D eigenvalue weighted by Gasteiger charge is -2.30. The number of ether oxygens (including phenoxy) is 1. The van der Waals surface area contributed by atoms with Gasteiger partial charge in [-0.1, -0.05) is 0 Å². The Hall–Kier alpha value is -1.44. The molecule has 2 nitrogen and oxygen atoms in total. The second kappa shape index (κ2) is 2.77. The summed E-state index contributed by atoms with van der Waals surface area (Å²) in [4.78, 5) is 0. The molecule has 1 aliphatic heterocycles. The van der Waals surface area contributed by atoms with Crippen LogP contribution in [0.5, 0.6) is 11.5 Å². The van der Waals surface area contributed by atoms with Crippen molar-refractivity contribution in [2.45, 2.75) is 26.4 Å². The van der Waals surface area contributed by atoms with Crippen LogP contribution in [0.25, 0.3) is 5.57 Å².